The highest BCUT2D eigenvalue weighted by atomic mass is 14.9. The molecule has 78 valence electrons. The summed E-state index contributed by atoms with van der Waals surface area (Å²) < 4.78 is 0. The second-order valence-corrected chi connectivity index (χ2v) is 3.62. The molecule has 1 unspecified atom stereocenters. The van der Waals surface area contributed by atoms with Gasteiger partial charge in [-0.1, -0.05) is 32.8 Å². The zero-order valence-corrected chi connectivity index (χ0v) is 9.31. The van der Waals surface area contributed by atoms with Crippen molar-refractivity contribution in [2.75, 3.05) is 6.54 Å². The molecule has 1 heteroatoms. The third-order valence-corrected chi connectivity index (χ3v) is 2.34. The molecule has 0 aromatic carbocycles. The van der Waals surface area contributed by atoms with E-state index in [4.69, 9.17) is 0 Å². The molecule has 1 nitrogen and oxygen atoms in total. The summed E-state index contributed by atoms with van der Waals surface area (Å²) in [4.78, 5) is 0. The smallest absolute Gasteiger partial charge is 0.00668 e. The van der Waals surface area contributed by atoms with E-state index in [0.717, 1.165) is 12.6 Å². The highest BCUT2D eigenvalue weighted by Crippen LogP contribution is 2.08. The zero-order chi connectivity index (χ0) is 9.94. The van der Waals surface area contributed by atoms with Crippen LogP contribution in [-0.4, -0.2) is 12.6 Å². The number of hydrogen-bond donors (Lipinski definition) is 1. The summed E-state index contributed by atoms with van der Waals surface area (Å²) in [5.41, 5.74) is 0. The maximum absolute atomic E-state index is 3.73. The second-order valence-electron chi connectivity index (χ2n) is 3.62. The van der Waals surface area contributed by atoms with E-state index in [1.807, 2.05) is 6.08 Å². The van der Waals surface area contributed by atoms with E-state index in [1.54, 1.807) is 0 Å². The molecule has 13 heavy (non-hydrogen) atoms. The van der Waals surface area contributed by atoms with Gasteiger partial charge in [-0.3, -0.25) is 0 Å². The van der Waals surface area contributed by atoms with Gasteiger partial charge in [-0.15, -0.1) is 6.58 Å². The SMILES string of the molecule is C=CCCCCC(CCC)NCC. The van der Waals surface area contributed by atoms with Crippen LogP contribution in [0.5, 0.6) is 0 Å². The van der Waals surface area contributed by atoms with Crippen LogP contribution in [-0.2, 0) is 0 Å². The van der Waals surface area contributed by atoms with Crippen molar-refractivity contribution in [2.24, 2.45) is 0 Å². The standard InChI is InChI=1S/C12H25N/c1-4-7-8-9-11-12(10-5-2)13-6-3/h4,12-13H,1,5-11H2,2-3H3. The first-order chi connectivity index (χ1) is 6.35. The third-order valence-electron chi connectivity index (χ3n) is 2.34. The minimum Gasteiger partial charge on any atom is -0.314 e. The van der Waals surface area contributed by atoms with Gasteiger partial charge in [0, 0.05) is 6.04 Å². The van der Waals surface area contributed by atoms with Crippen molar-refractivity contribution in [3.63, 3.8) is 0 Å². The van der Waals surface area contributed by atoms with Crippen LogP contribution in [0.25, 0.3) is 0 Å². The Kier molecular flexibility index (Phi) is 9.56. The first-order valence-corrected chi connectivity index (χ1v) is 5.69. The van der Waals surface area contributed by atoms with Gasteiger partial charge in [0.05, 0.1) is 0 Å². The number of rotatable bonds is 9. The van der Waals surface area contributed by atoms with Crippen molar-refractivity contribution < 1.29 is 0 Å². The summed E-state index contributed by atoms with van der Waals surface area (Å²) in [7, 11) is 0. The fourth-order valence-electron chi connectivity index (χ4n) is 1.67. The van der Waals surface area contributed by atoms with E-state index in [1.165, 1.54) is 38.5 Å². The molecule has 0 aromatic heterocycles. The fraction of sp³-hybridized carbons (Fsp3) is 0.833. The van der Waals surface area contributed by atoms with Crippen molar-refractivity contribution in [1.29, 1.82) is 0 Å². The van der Waals surface area contributed by atoms with Gasteiger partial charge in [0.2, 0.25) is 0 Å². The Bertz CT molecular complexity index is 104. The molecule has 0 fully saturated rings. The highest BCUT2D eigenvalue weighted by Gasteiger charge is 2.04. The lowest BCUT2D eigenvalue weighted by atomic mass is 10.0. The van der Waals surface area contributed by atoms with E-state index in [2.05, 4.69) is 25.7 Å². The molecular formula is C12H25N. The molecule has 0 heterocycles. The predicted octanol–water partition coefficient (Wildman–Crippen LogP) is 3.51. The van der Waals surface area contributed by atoms with Gasteiger partial charge in [-0.25, -0.2) is 0 Å². The van der Waals surface area contributed by atoms with Gasteiger partial charge in [0.15, 0.2) is 0 Å². The molecule has 0 spiro atoms. The second kappa shape index (κ2) is 9.79. The average molecular weight is 183 g/mol. The lowest BCUT2D eigenvalue weighted by molar-refractivity contribution is 0.442. The number of unbranched alkanes of at least 4 members (excludes halogenated alkanes) is 2. The molecule has 0 amide bonds. The van der Waals surface area contributed by atoms with Crippen LogP contribution in [0.3, 0.4) is 0 Å². The summed E-state index contributed by atoms with van der Waals surface area (Å²) >= 11 is 0. The van der Waals surface area contributed by atoms with Gasteiger partial charge in [-0.2, -0.15) is 0 Å². The lowest BCUT2D eigenvalue weighted by Gasteiger charge is -2.16. The summed E-state index contributed by atoms with van der Waals surface area (Å²) in [6, 6.07) is 0.750. The van der Waals surface area contributed by atoms with Crippen molar-refractivity contribution in [2.45, 2.75) is 58.4 Å². The number of hydrogen-bond acceptors (Lipinski definition) is 1. The van der Waals surface area contributed by atoms with E-state index in [-0.39, 0.29) is 0 Å². The molecule has 0 saturated carbocycles. The van der Waals surface area contributed by atoms with Crippen LogP contribution in [0, 0.1) is 0 Å². The Hall–Kier alpha value is -0.300. The maximum Gasteiger partial charge on any atom is 0.00668 e. The molecule has 1 N–H and O–H groups in total. The van der Waals surface area contributed by atoms with Gasteiger partial charge >= 0.3 is 0 Å². The maximum atomic E-state index is 3.73. The first-order valence-electron chi connectivity index (χ1n) is 5.69. The largest absolute Gasteiger partial charge is 0.314 e. The molecule has 0 aliphatic heterocycles. The molecule has 0 bridgehead atoms. The quantitative estimate of drug-likeness (QED) is 0.426. The molecule has 0 aromatic rings. The predicted molar refractivity (Wildman–Crippen MR) is 61.0 cm³/mol. The van der Waals surface area contributed by atoms with Crippen LogP contribution < -0.4 is 5.32 Å². The van der Waals surface area contributed by atoms with Gasteiger partial charge in [0.1, 0.15) is 0 Å². The van der Waals surface area contributed by atoms with Gasteiger partial charge in [0.25, 0.3) is 0 Å². The molecule has 0 saturated heterocycles. The summed E-state index contributed by atoms with van der Waals surface area (Å²) in [6.07, 6.45) is 9.77. The van der Waals surface area contributed by atoms with Gasteiger partial charge < -0.3 is 5.32 Å². The van der Waals surface area contributed by atoms with E-state index < -0.39 is 0 Å². The summed E-state index contributed by atoms with van der Waals surface area (Å²) in [5.74, 6) is 0. The highest BCUT2D eigenvalue weighted by molar-refractivity contribution is 4.69. The zero-order valence-electron chi connectivity index (χ0n) is 9.31. The molecule has 1 atom stereocenters. The average Bonchev–Trinajstić information content (AvgIpc) is 2.13. The van der Waals surface area contributed by atoms with Crippen LogP contribution in [0.2, 0.25) is 0 Å². The molecule has 0 aliphatic carbocycles. The summed E-state index contributed by atoms with van der Waals surface area (Å²) in [6.45, 7) is 9.28. The lowest BCUT2D eigenvalue weighted by Crippen LogP contribution is -2.28. The minimum absolute atomic E-state index is 0.750. The Morgan fingerprint density at radius 2 is 2.00 bits per heavy atom. The normalized spacial score (nSPS) is 12.8. The molecule has 0 radical (unpaired) electrons. The topological polar surface area (TPSA) is 12.0 Å². The van der Waals surface area contributed by atoms with Crippen LogP contribution >= 0.6 is 0 Å². The molecular weight excluding hydrogens is 158 g/mol. The van der Waals surface area contributed by atoms with E-state index >= 15 is 0 Å². The summed E-state index contributed by atoms with van der Waals surface area (Å²) in [5, 5.41) is 3.53. The van der Waals surface area contributed by atoms with Crippen molar-refractivity contribution in [3.8, 4) is 0 Å². The van der Waals surface area contributed by atoms with Crippen molar-refractivity contribution in [3.05, 3.63) is 12.7 Å². The number of allylic oxidation sites excluding steroid dienone is 1. The number of nitrogens with one attached hydrogen (secondary N) is 1. The van der Waals surface area contributed by atoms with Crippen LogP contribution in [0.15, 0.2) is 12.7 Å². The Morgan fingerprint density at radius 3 is 2.54 bits per heavy atom. The van der Waals surface area contributed by atoms with Crippen molar-refractivity contribution in [1.82, 2.24) is 5.32 Å². The van der Waals surface area contributed by atoms with Gasteiger partial charge in [-0.05, 0) is 32.2 Å². The minimum atomic E-state index is 0.750. The van der Waals surface area contributed by atoms with Crippen LogP contribution in [0.1, 0.15) is 52.4 Å². The Labute approximate surface area is 83.6 Å². The van der Waals surface area contributed by atoms with Crippen LogP contribution in [0.4, 0.5) is 0 Å². The Balaban J connectivity index is 3.37. The Morgan fingerprint density at radius 1 is 1.23 bits per heavy atom. The monoisotopic (exact) mass is 183 g/mol. The van der Waals surface area contributed by atoms with Crippen molar-refractivity contribution >= 4 is 0 Å². The van der Waals surface area contributed by atoms with E-state index in [0.29, 0.717) is 0 Å². The molecule has 0 rings (SSSR count). The first kappa shape index (κ1) is 12.7. The van der Waals surface area contributed by atoms with E-state index in [9.17, 15) is 0 Å². The third kappa shape index (κ3) is 8.04. The molecule has 0 aliphatic rings. The fourth-order valence-corrected chi connectivity index (χ4v) is 1.67.